The number of aliphatic hydroxyl groups is 1. The lowest BCUT2D eigenvalue weighted by molar-refractivity contribution is -0.137. The second-order valence-corrected chi connectivity index (χ2v) is 7.33. The van der Waals surface area contributed by atoms with Gasteiger partial charge in [-0.05, 0) is 43.2 Å². The minimum Gasteiger partial charge on any atom is -0.469 e. The van der Waals surface area contributed by atoms with Gasteiger partial charge in [-0.15, -0.1) is 24.0 Å². The van der Waals surface area contributed by atoms with Crippen molar-refractivity contribution in [1.29, 1.82) is 0 Å². The van der Waals surface area contributed by atoms with E-state index in [1.807, 2.05) is 17.0 Å². The molecule has 2 heterocycles. The average molecular weight is 537 g/mol. The average Bonchev–Trinajstić information content (AvgIpc) is 3.36. The van der Waals surface area contributed by atoms with Crippen molar-refractivity contribution in [1.82, 2.24) is 10.2 Å². The first-order chi connectivity index (χ1) is 13.8. The molecule has 1 aliphatic rings. The highest BCUT2D eigenvalue weighted by Gasteiger charge is 2.30. The van der Waals surface area contributed by atoms with Crippen molar-refractivity contribution in [3.63, 3.8) is 0 Å². The van der Waals surface area contributed by atoms with Gasteiger partial charge in [-0.2, -0.15) is 13.2 Å². The lowest BCUT2D eigenvalue weighted by Crippen LogP contribution is -2.41. The van der Waals surface area contributed by atoms with E-state index in [1.165, 1.54) is 6.07 Å². The number of benzene rings is 1. The van der Waals surface area contributed by atoms with Crippen LogP contribution in [0.2, 0.25) is 0 Å². The second kappa shape index (κ2) is 11.0. The fourth-order valence-electron chi connectivity index (χ4n) is 3.41. The van der Waals surface area contributed by atoms with Gasteiger partial charge in [0.15, 0.2) is 5.96 Å². The molecule has 3 rings (SSSR count). The number of alkyl halides is 3. The Kier molecular flexibility index (Phi) is 9.02. The normalized spacial score (nSPS) is 18.2. The first-order valence-electron chi connectivity index (χ1n) is 9.73. The molecule has 0 spiro atoms. The molecule has 0 aliphatic carbocycles. The van der Waals surface area contributed by atoms with Gasteiger partial charge in [0.2, 0.25) is 0 Å². The van der Waals surface area contributed by atoms with E-state index in [2.05, 4.69) is 10.3 Å². The van der Waals surface area contributed by atoms with E-state index < -0.39 is 17.8 Å². The lowest BCUT2D eigenvalue weighted by atomic mass is 10.0. The van der Waals surface area contributed by atoms with Crippen LogP contribution in [-0.4, -0.2) is 41.7 Å². The quantitative estimate of drug-likeness (QED) is 0.328. The summed E-state index contributed by atoms with van der Waals surface area (Å²) in [5.74, 6) is 1.63. The standard InChI is InChI=1S/C21H26F3N3O2.HI/c1-15(28)17-8-10-27(14-17)20(25-9-7-19-6-3-11-29-19)26-13-16-4-2-5-18(12-16)21(22,23)24;/h2-6,11-12,15,17,28H,7-10,13-14H2,1H3,(H,25,26);1H. The molecule has 0 amide bonds. The summed E-state index contributed by atoms with van der Waals surface area (Å²) in [6, 6.07) is 8.95. The first kappa shape index (κ1) is 24.5. The number of halogens is 4. The van der Waals surface area contributed by atoms with Crippen LogP contribution in [0, 0.1) is 5.92 Å². The molecule has 2 unspecified atom stereocenters. The number of hydrogen-bond acceptors (Lipinski definition) is 3. The van der Waals surface area contributed by atoms with Crippen molar-refractivity contribution >= 4 is 29.9 Å². The van der Waals surface area contributed by atoms with Gasteiger partial charge >= 0.3 is 6.18 Å². The van der Waals surface area contributed by atoms with Crippen LogP contribution in [0.15, 0.2) is 52.1 Å². The van der Waals surface area contributed by atoms with E-state index in [0.717, 1.165) is 30.9 Å². The number of hydrogen-bond donors (Lipinski definition) is 2. The van der Waals surface area contributed by atoms with Crippen LogP contribution >= 0.6 is 24.0 Å². The molecular formula is C21H27F3IN3O2. The van der Waals surface area contributed by atoms with Gasteiger partial charge in [0, 0.05) is 32.0 Å². The van der Waals surface area contributed by atoms with E-state index in [4.69, 9.17) is 4.42 Å². The van der Waals surface area contributed by atoms with Gasteiger partial charge in [-0.3, -0.25) is 0 Å². The van der Waals surface area contributed by atoms with Crippen molar-refractivity contribution in [3.05, 3.63) is 59.5 Å². The third-order valence-electron chi connectivity index (χ3n) is 5.11. The molecule has 1 aliphatic heterocycles. The summed E-state index contributed by atoms with van der Waals surface area (Å²) in [5, 5.41) is 13.1. The Bertz CT molecular complexity index is 810. The molecule has 30 heavy (non-hydrogen) atoms. The van der Waals surface area contributed by atoms with E-state index in [1.54, 1.807) is 19.3 Å². The summed E-state index contributed by atoms with van der Waals surface area (Å²) in [5.41, 5.74) is -0.177. The SMILES string of the molecule is CC(O)C1CCN(C(=NCc2cccc(C(F)(F)F)c2)NCCc2ccco2)C1.I. The molecule has 1 aromatic carbocycles. The van der Waals surface area contributed by atoms with Gasteiger partial charge < -0.3 is 19.7 Å². The molecule has 0 bridgehead atoms. The molecule has 9 heteroatoms. The molecule has 2 N–H and O–H groups in total. The first-order valence-corrected chi connectivity index (χ1v) is 9.73. The monoisotopic (exact) mass is 537 g/mol. The third kappa shape index (κ3) is 6.90. The summed E-state index contributed by atoms with van der Waals surface area (Å²) in [4.78, 5) is 6.61. The van der Waals surface area contributed by atoms with Crippen molar-refractivity contribution < 1.29 is 22.7 Å². The number of guanidine groups is 1. The molecule has 1 aromatic heterocycles. The summed E-state index contributed by atoms with van der Waals surface area (Å²) in [7, 11) is 0. The lowest BCUT2D eigenvalue weighted by Gasteiger charge is -2.23. The Balaban J connectivity index is 0.00000320. The van der Waals surface area contributed by atoms with Crippen LogP contribution in [-0.2, 0) is 19.1 Å². The van der Waals surface area contributed by atoms with Gasteiger partial charge in [-0.25, -0.2) is 4.99 Å². The maximum absolute atomic E-state index is 12.9. The van der Waals surface area contributed by atoms with Crippen LogP contribution in [0.1, 0.15) is 30.2 Å². The van der Waals surface area contributed by atoms with Crippen LogP contribution < -0.4 is 5.32 Å². The zero-order valence-electron chi connectivity index (χ0n) is 16.7. The predicted octanol–water partition coefficient (Wildman–Crippen LogP) is 4.31. The number of likely N-dealkylation sites (tertiary alicyclic amines) is 1. The number of aliphatic imine (C=N–C) groups is 1. The Morgan fingerprint density at radius 1 is 1.33 bits per heavy atom. The molecule has 0 radical (unpaired) electrons. The number of furan rings is 1. The summed E-state index contributed by atoms with van der Waals surface area (Å²) in [6.07, 6.45) is -1.65. The predicted molar refractivity (Wildman–Crippen MR) is 120 cm³/mol. The van der Waals surface area contributed by atoms with E-state index in [-0.39, 0.29) is 36.4 Å². The zero-order valence-corrected chi connectivity index (χ0v) is 19.1. The van der Waals surface area contributed by atoms with Gasteiger partial charge in [-0.1, -0.05) is 12.1 Å². The van der Waals surface area contributed by atoms with Gasteiger partial charge in [0.1, 0.15) is 5.76 Å². The van der Waals surface area contributed by atoms with Crippen molar-refractivity contribution in [2.75, 3.05) is 19.6 Å². The molecule has 0 saturated carbocycles. The molecule has 1 fully saturated rings. The van der Waals surface area contributed by atoms with Crippen LogP contribution in [0.4, 0.5) is 13.2 Å². The van der Waals surface area contributed by atoms with Gasteiger partial charge in [0.25, 0.3) is 0 Å². The van der Waals surface area contributed by atoms with Crippen LogP contribution in [0.25, 0.3) is 0 Å². The second-order valence-electron chi connectivity index (χ2n) is 7.33. The summed E-state index contributed by atoms with van der Waals surface area (Å²) in [6.45, 7) is 3.91. The number of aliphatic hydroxyl groups excluding tert-OH is 1. The highest BCUT2D eigenvalue weighted by Crippen LogP contribution is 2.29. The third-order valence-corrected chi connectivity index (χ3v) is 5.11. The fraction of sp³-hybridized carbons (Fsp3) is 0.476. The molecule has 1 saturated heterocycles. The maximum Gasteiger partial charge on any atom is 0.416 e. The van der Waals surface area contributed by atoms with E-state index in [9.17, 15) is 18.3 Å². The molecular weight excluding hydrogens is 510 g/mol. The van der Waals surface area contributed by atoms with Crippen LogP contribution in [0.3, 0.4) is 0 Å². The maximum atomic E-state index is 12.9. The van der Waals surface area contributed by atoms with Crippen molar-refractivity contribution in [2.45, 2.75) is 38.6 Å². The molecule has 2 atom stereocenters. The van der Waals surface area contributed by atoms with E-state index in [0.29, 0.717) is 31.0 Å². The van der Waals surface area contributed by atoms with E-state index >= 15 is 0 Å². The Hall–Kier alpha value is -1.75. The zero-order chi connectivity index (χ0) is 20.9. The molecule has 166 valence electrons. The molecule has 2 aromatic rings. The Morgan fingerprint density at radius 3 is 2.77 bits per heavy atom. The van der Waals surface area contributed by atoms with Crippen LogP contribution in [0.5, 0.6) is 0 Å². The smallest absolute Gasteiger partial charge is 0.416 e. The van der Waals surface area contributed by atoms with Gasteiger partial charge in [0.05, 0.1) is 24.5 Å². The molecule has 5 nitrogen and oxygen atoms in total. The Morgan fingerprint density at radius 2 is 2.13 bits per heavy atom. The minimum atomic E-state index is -4.37. The Labute approximate surface area is 191 Å². The summed E-state index contributed by atoms with van der Waals surface area (Å²) >= 11 is 0. The van der Waals surface area contributed by atoms with Crippen molar-refractivity contribution in [3.8, 4) is 0 Å². The number of nitrogens with zero attached hydrogens (tertiary/aromatic N) is 2. The number of nitrogens with one attached hydrogen (secondary N) is 1. The number of rotatable bonds is 6. The fourth-order valence-corrected chi connectivity index (χ4v) is 3.41. The largest absolute Gasteiger partial charge is 0.469 e. The minimum absolute atomic E-state index is 0. The summed E-state index contributed by atoms with van der Waals surface area (Å²) < 4.78 is 44.2. The topological polar surface area (TPSA) is 61.0 Å². The van der Waals surface area contributed by atoms with Crippen molar-refractivity contribution in [2.24, 2.45) is 10.9 Å². The highest BCUT2D eigenvalue weighted by atomic mass is 127. The highest BCUT2D eigenvalue weighted by molar-refractivity contribution is 14.0.